The molecule has 0 unspecified atom stereocenters. The van der Waals surface area contributed by atoms with Crippen LogP contribution in [0.4, 0.5) is 5.69 Å². The van der Waals surface area contributed by atoms with Crippen LogP contribution < -0.4 is 10.0 Å². The molecule has 1 saturated carbocycles. The molecule has 0 saturated heterocycles. The van der Waals surface area contributed by atoms with E-state index in [-0.39, 0.29) is 16.8 Å². The van der Waals surface area contributed by atoms with Crippen molar-refractivity contribution in [3.05, 3.63) is 59.7 Å². The van der Waals surface area contributed by atoms with Crippen LogP contribution in [0.5, 0.6) is 0 Å². The fraction of sp³-hybridized carbons (Fsp3) is 0.278. The molecule has 0 aliphatic heterocycles. The molecule has 0 bridgehead atoms. The van der Waals surface area contributed by atoms with E-state index in [4.69, 9.17) is 0 Å². The van der Waals surface area contributed by atoms with Gasteiger partial charge in [-0.2, -0.15) is 0 Å². The topological polar surface area (TPSA) is 75.3 Å². The van der Waals surface area contributed by atoms with Crippen molar-refractivity contribution in [3.8, 4) is 0 Å². The van der Waals surface area contributed by atoms with Gasteiger partial charge in [-0.15, -0.1) is 0 Å². The lowest BCUT2D eigenvalue weighted by molar-refractivity contribution is 0.102. The van der Waals surface area contributed by atoms with E-state index in [1.54, 1.807) is 0 Å². The number of rotatable bonds is 6. The highest BCUT2D eigenvalue weighted by atomic mass is 32.2. The molecule has 0 atom stereocenters. The Labute approximate surface area is 142 Å². The molecule has 2 aromatic rings. The van der Waals surface area contributed by atoms with Gasteiger partial charge in [-0.25, -0.2) is 13.1 Å². The number of anilines is 1. The molecule has 1 amide bonds. The lowest BCUT2D eigenvalue weighted by Crippen LogP contribution is -2.25. The maximum Gasteiger partial charge on any atom is 0.255 e. The second-order valence-electron chi connectivity index (χ2n) is 5.92. The predicted molar refractivity (Wildman–Crippen MR) is 93.6 cm³/mol. The highest BCUT2D eigenvalue weighted by molar-refractivity contribution is 7.89. The van der Waals surface area contributed by atoms with Gasteiger partial charge in [0.2, 0.25) is 10.0 Å². The van der Waals surface area contributed by atoms with Gasteiger partial charge in [0, 0.05) is 17.3 Å². The quantitative estimate of drug-likeness (QED) is 0.846. The smallest absolute Gasteiger partial charge is 0.255 e. The number of aryl methyl sites for hydroxylation is 1. The van der Waals surface area contributed by atoms with E-state index in [1.165, 1.54) is 29.8 Å². The summed E-state index contributed by atoms with van der Waals surface area (Å²) in [5.74, 6) is -0.265. The van der Waals surface area contributed by atoms with Gasteiger partial charge in [-0.05, 0) is 61.2 Å². The number of carbonyl (C=O) groups is 1. The van der Waals surface area contributed by atoms with Gasteiger partial charge in [0.05, 0.1) is 4.90 Å². The van der Waals surface area contributed by atoms with Gasteiger partial charge in [0.25, 0.3) is 5.91 Å². The zero-order valence-corrected chi connectivity index (χ0v) is 14.3. The van der Waals surface area contributed by atoms with E-state index in [0.717, 1.165) is 19.3 Å². The van der Waals surface area contributed by atoms with Crippen LogP contribution in [0, 0.1) is 0 Å². The summed E-state index contributed by atoms with van der Waals surface area (Å²) in [6.45, 7) is 2.07. The zero-order valence-electron chi connectivity index (χ0n) is 13.5. The van der Waals surface area contributed by atoms with Crippen molar-refractivity contribution in [1.29, 1.82) is 0 Å². The Balaban J connectivity index is 1.68. The Bertz CT molecular complexity index is 824. The van der Waals surface area contributed by atoms with Crippen LogP contribution in [-0.2, 0) is 16.4 Å². The van der Waals surface area contributed by atoms with Crippen LogP contribution in [0.1, 0.15) is 35.7 Å². The van der Waals surface area contributed by atoms with Crippen molar-refractivity contribution in [1.82, 2.24) is 4.72 Å². The molecule has 1 aliphatic carbocycles. The van der Waals surface area contributed by atoms with E-state index >= 15 is 0 Å². The SMILES string of the molecule is CCc1ccc(NC(=O)c2ccc(S(=O)(=O)NC3CC3)cc2)cc1. The highest BCUT2D eigenvalue weighted by Gasteiger charge is 2.27. The van der Waals surface area contributed by atoms with E-state index in [1.807, 2.05) is 24.3 Å². The highest BCUT2D eigenvalue weighted by Crippen LogP contribution is 2.22. The maximum absolute atomic E-state index is 12.2. The van der Waals surface area contributed by atoms with Crippen LogP contribution in [-0.4, -0.2) is 20.4 Å². The Hall–Kier alpha value is -2.18. The van der Waals surface area contributed by atoms with Crippen LogP contribution in [0.25, 0.3) is 0 Å². The summed E-state index contributed by atoms with van der Waals surface area (Å²) in [6.07, 6.45) is 2.71. The van der Waals surface area contributed by atoms with Crippen molar-refractivity contribution < 1.29 is 13.2 Å². The van der Waals surface area contributed by atoms with Crippen molar-refractivity contribution >= 4 is 21.6 Å². The summed E-state index contributed by atoms with van der Waals surface area (Å²) < 4.78 is 26.8. The van der Waals surface area contributed by atoms with Gasteiger partial charge >= 0.3 is 0 Å². The molecule has 5 nitrogen and oxygen atoms in total. The first-order valence-corrected chi connectivity index (χ1v) is 9.49. The van der Waals surface area contributed by atoms with Crippen LogP contribution >= 0.6 is 0 Å². The standard InChI is InChI=1S/C18H20N2O3S/c1-2-13-3-7-15(8-4-13)19-18(21)14-5-11-17(12-6-14)24(22,23)20-16-9-10-16/h3-8,11-12,16,20H,2,9-10H2,1H3,(H,19,21). The Morgan fingerprint density at radius 1 is 1.04 bits per heavy atom. The first-order chi connectivity index (χ1) is 11.5. The fourth-order valence-electron chi connectivity index (χ4n) is 2.30. The van der Waals surface area contributed by atoms with Crippen molar-refractivity contribution in [3.63, 3.8) is 0 Å². The summed E-state index contributed by atoms with van der Waals surface area (Å²) in [5.41, 5.74) is 2.33. The van der Waals surface area contributed by atoms with Gasteiger partial charge in [0.15, 0.2) is 0 Å². The summed E-state index contributed by atoms with van der Waals surface area (Å²) in [5, 5.41) is 2.81. The molecule has 126 valence electrons. The number of amides is 1. The third kappa shape index (κ3) is 4.01. The van der Waals surface area contributed by atoms with Crippen LogP contribution in [0.2, 0.25) is 0 Å². The molecule has 6 heteroatoms. The average molecular weight is 344 g/mol. The van der Waals surface area contributed by atoms with E-state index in [0.29, 0.717) is 11.3 Å². The molecule has 1 aliphatic rings. The average Bonchev–Trinajstić information content (AvgIpc) is 3.39. The second kappa shape index (κ2) is 6.75. The number of benzene rings is 2. The molecular weight excluding hydrogens is 324 g/mol. The molecule has 2 N–H and O–H groups in total. The van der Waals surface area contributed by atoms with E-state index in [9.17, 15) is 13.2 Å². The Kier molecular flexibility index (Phi) is 4.69. The largest absolute Gasteiger partial charge is 0.322 e. The number of sulfonamides is 1. The van der Waals surface area contributed by atoms with Crippen molar-refractivity contribution in [2.45, 2.75) is 37.1 Å². The van der Waals surface area contributed by atoms with Crippen molar-refractivity contribution in [2.24, 2.45) is 0 Å². The second-order valence-corrected chi connectivity index (χ2v) is 7.64. The number of hydrogen-bond donors (Lipinski definition) is 2. The molecule has 24 heavy (non-hydrogen) atoms. The van der Waals surface area contributed by atoms with E-state index in [2.05, 4.69) is 17.0 Å². The first kappa shape index (κ1) is 16.7. The van der Waals surface area contributed by atoms with Gasteiger partial charge in [0.1, 0.15) is 0 Å². The molecule has 1 fully saturated rings. The van der Waals surface area contributed by atoms with E-state index < -0.39 is 10.0 Å². The fourth-order valence-corrected chi connectivity index (χ4v) is 3.61. The van der Waals surface area contributed by atoms with Crippen LogP contribution in [0.3, 0.4) is 0 Å². The third-order valence-corrected chi connectivity index (χ3v) is 5.48. The molecule has 0 aromatic heterocycles. The minimum absolute atomic E-state index is 0.0593. The van der Waals surface area contributed by atoms with Crippen LogP contribution in [0.15, 0.2) is 53.4 Å². The van der Waals surface area contributed by atoms with Gasteiger partial charge in [-0.1, -0.05) is 19.1 Å². The lowest BCUT2D eigenvalue weighted by Gasteiger charge is -2.08. The monoisotopic (exact) mass is 344 g/mol. The van der Waals surface area contributed by atoms with Gasteiger partial charge in [-0.3, -0.25) is 4.79 Å². The molecule has 0 radical (unpaired) electrons. The zero-order chi connectivity index (χ0) is 17.2. The Morgan fingerprint density at radius 2 is 1.67 bits per heavy atom. The maximum atomic E-state index is 12.2. The minimum atomic E-state index is -3.49. The number of carbonyl (C=O) groups excluding carboxylic acids is 1. The normalized spacial score (nSPS) is 14.4. The molecule has 3 rings (SSSR count). The summed E-state index contributed by atoms with van der Waals surface area (Å²) >= 11 is 0. The molecule has 0 spiro atoms. The third-order valence-electron chi connectivity index (χ3n) is 3.95. The van der Waals surface area contributed by atoms with Gasteiger partial charge < -0.3 is 5.32 Å². The summed E-state index contributed by atoms with van der Waals surface area (Å²) in [6, 6.07) is 13.7. The number of hydrogen-bond acceptors (Lipinski definition) is 3. The Morgan fingerprint density at radius 3 is 2.21 bits per heavy atom. The summed E-state index contributed by atoms with van der Waals surface area (Å²) in [7, 11) is -3.49. The molecular formula is C18H20N2O3S. The first-order valence-electron chi connectivity index (χ1n) is 8.00. The number of nitrogens with one attached hydrogen (secondary N) is 2. The van der Waals surface area contributed by atoms with Crippen molar-refractivity contribution in [2.75, 3.05) is 5.32 Å². The molecule has 2 aromatic carbocycles. The minimum Gasteiger partial charge on any atom is -0.322 e. The summed E-state index contributed by atoms with van der Waals surface area (Å²) in [4.78, 5) is 12.4. The lowest BCUT2D eigenvalue weighted by atomic mass is 10.1. The molecule has 0 heterocycles. The predicted octanol–water partition coefficient (Wildman–Crippen LogP) is 2.94.